The van der Waals surface area contributed by atoms with Crippen LogP contribution in [0.1, 0.15) is 5.56 Å². The Hall–Kier alpha value is -3.39. The minimum atomic E-state index is 0.832. The molecule has 0 saturated heterocycles. The zero-order valence-electron chi connectivity index (χ0n) is 14.4. The highest BCUT2D eigenvalue weighted by atomic mass is 14.9. The summed E-state index contributed by atoms with van der Waals surface area (Å²) in [5, 5.41) is 6.00. The van der Waals surface area contributed by atoms with Gasteiger partial charge in [0.25, 0.3) is 0 Å². The highest BCUT2D eigenvalue weighted by molar-refractivity contribution is 6.18. The molecule has 2 heteroatoms. The zero-order valence-corrected chi connectivity index (χ0v) is 14.4. The van der Waals surface area contributed by atoms with Gasteiger partial charge in [-0.3, -0.25) is 0 Å². The molecule has 26 heavy (non-hydrogen) atoms. The van der Waals surface area contributed by atoms with Gasteiger partial charge in [0.05, 0.1) is 10.8 Å². The van der Waals surface area contributed by atoms with Crippen molar-refractivity contribution >= 4 is 38.1 Å². The third-order valence-electron chi connectivity index (χ3n) is 5.10. The van der Waals surface area contributed by atoms with Gasteiger partial charge in [-0.25, -0.2) is 0 Å². The summed E-state index contributed by atoms with van der Waals surface area (Å²) in [6.45, 7) is 0.843. The van der Waals surface area contributed by atoms with Crippen LogP contribution in [-0.4, -0.2) is 0 Å². The first-order valence-electron chi connectivity index (χ1n) is 8.87. The molecule has 2 N–H and O–H groups in total. The van der Waals surface area contributed by atoms with Crippen LogP contribution in [0.3, 0.4) is 0 Å². The molecule has 0 bridgehead atoms. The second-order valence-electron chi connectivity index (χ2n) is 6.73. The van der Waals surface area contributed by atoms with Crippen LogP contribution >= 0.6 is 0 Å². The van der Waals surface area contributed by atoms with E-state index in [9.17, 15) is 0 Å². The summed E-state index contributed by atoms with van der Waals surface area (Å²) in [6, 6.07) is 29.7. The Labute approximate surface area is 152 Å². The lowest BCUT2D eigenvalue weighted by molar-refractivity contribution is -0.661. The second kappa shape index (κ2) is 5.85. The van der Waals surface area contributed by atoms with Crippen LogP contribution in [-0.2, 0) is 6.54 Å². The molecular formula is C24H19N2+. The molecule has 0 unspecified atom stereocenters. The molecule has 124 valence electrons. The van der Waals surface area contributed by atoms with E-state index in [-0.39, 0.29) is 0 Å². The molecule has 1 aromatic heterocycles. The molecule has 1 heterocycles. The average Bonchev–Trinajstić information content (AvgIpc) is 2.70. The zero-order chi connectivity index (χ0) is 17.5. The van der Waals surface area contributed by atoms with Gasteiger partial charge in [0.1, 0.15) is 0 Å². The average molecular weight is 335 g/mol. The third-order valence-corrected chi connectivity index (χ3v) is 5.10. The molecule has 0 spiro atoms. The highest BCUT2D eigenvalue weighted by Crippen LogP contribution is 2.33. The van der Waals surface area contributed by atoms with Crippen molar-refractivity contribution in [2.75, 3.05) is 5.73 Å². The molecule has 0 saturated carbocycles. The van der Waals surface area contributed by atoms with E-state index in [0.717, 1.165) is 17.6 Å². The molecule has 0 aliphatic heterocycles. The van der Waals surface area contributed by atoms with E-state index < -0.39 is 0 Å². The van der Waals surface area contributed by atoms with Crippen molar-refractivity contribution in [1.82, 2.24) is 0 Å². The SMILES string of the molecule is Nc1cc2c(c[n+](Cc3ccccc3)c3ccccc23)c2ccccc12. The van der Waals surface area contributed by atoms with E-state index in [1.165, 1.54) is 32.6 Å². The predicted octanol–water partition coefficient (Wildman–Crippen LogP) is 5.06. The normalized spacial score (nSPS) is 11.4. The van der Waals surface area contributed by atoms with Crippen molar-refractivity contribution in [3.05, 3.63) is 96.7 Å². The van der Waals surface area contributed by atoms with Gasteiger partial charge in [-0.1, -0.05) is 66.7 Å². The van der Waals surface area contributed by atoms with Crippen molar-refractivity contribution in [3.8, 4) is 0 Å². The number of aromatic nitrogens is 1. The van der Waals surface area contributed by atoms with E-state index in [0.29, 0.717) is 0 Å². The predicted molar refractivity (Wildman–Crippen MR) is 109 cm³/mol. The maximum atomic E-state index is 6.37. The largest absolute Gasteiger partial charge is 0.398 e. The first kappa shape index (κ1) is 14.9. The summed E-state index contributed by atoms with van der Waals surface area (Å²) in [6.07, 6.45) is 2.27. The Balaban J connectivity index is 1.89. The van der Waals surface area contributed by atoms with Crippen LogP contribution in [0.4, 0.5) is 5.69 Å². The first-order chi connectivity index (χ1) is 12.8. The number of hydrogen-bond donors (Lipinski definition) is 1. The summed E-state index contributed by atoms with van der Waals surface area (Å²) in [7, 11) is 0. The number of hydrogen-bond acceptors (Lipinski definition) is 1. The van der Waals surface area contributed by atoms with E-state index >= 15 is 0 Å². The lowest BCUT2D eigenvalue weighted by Crippen LogP contribution is -2.34. The van der Waals surface area contributed by atoms with E-state index in [1.807, 2.05) is 6.07 Å². The smallest absolute Gasteiger partial charge is 0.213 e. The molecule has 0 fully saturated rings. The van der Waals surface area contributed by atoms with Crippen LogP contribution in [0.2, 0.25) is 0 Å². The first-order valence-corrected chi connectivity index (χ1v) is 8.87. The Morgan fingerprint density at radius 3 is 2.08 bits per heavy atom. The van der Waals surface area contributed by atoms with Crippen molar-refractivity contribution in [1.29, 1.82) is 0 Å². The van der Waals surface area contributed by atoms with Crippen LogP contribution in [0, 0.1) is 0 Å². The lowest BCUT2D eigenvalue weighted by atomic mass is 9.98. The van der Waals surface area contributed by atoms with Gasteiger partial charge in [-0.15, -0.1) is 0 Å². The molecule has 0 radical (unpaired) electrons. The third kappa shape index (κ3) is 2.31. The van der Waals surface area contributed by atoms with E-state index in [1.54, 1.807) is 0 Å². The molecule has 0 aliphatic carbocycles. The number of nitrogens with two attached hydrogens (primary N) is 1. The number of fused-ring (bicyclic) bond motifs is 5. The minimum Gasteiger partial charge on any atom is -0.398 e. The molecule has 0 atom stereocenters. The number of benzene rings is 4. The molecule has 2 nitrogen and oxygen atoms in total. The van der Waals surface area contributed by atoms with E-state index in [4.69, 9.17) is 5.73 Å². The Bertz CT molecular complexity index is 1260. The van der Waals surface area contributed by atoms with Gasteiger partial charge in [0, 0.05) is 28.1 Å². The van der Waals surface area contributed by atoms with Gasteiger partial charge in [0.15, 0.2) is 12.7 Å². The number of pyridine rings is 1. The van der Waals surface area contributed by atoms with Gasteiger partial charge in [-0.05, 0) is 17.5 Å². The fourth-order valence-corrected chi connectivity index (χ4v) is 3.88. The molecule has 4 aromatic carbocycles. The van der Waals surface area contributed by atoms with E-state index in [2.05, 4.69) is 89.6 Å². The Morgan fingerprint density at radius 2 is 1.27 bits per heavy atom. The second-order valence-corrected chi connectivity index (χ2v) is 6.73. The van der Waals surface area contributed by atoms with Crippen LogP contribution in [0.15, 0.2) is 91.1 Å². The van der Waals surface area contributed by atoms with Gasteiger partial charge >= 0.3 is 0 Å². The van der Waals surface area contributed by atoms with Crippen molar-refractivity contribution in [3.63, 3.8) is 0 Å². The van der Waals surface area contributed by atoms with Crippen molar-refractivity contribution < 1.29 is 4.57 Å². The summed E-state index contributed by atoms with van der Waals surface area (Å²) in [5.41, 5.74) is 9.71. The lowest BCUT2D eigenvalue weighted by Gasteiger charge is -2.10. The van der Waals surface area contributed by atoms with Crippen molar-refractivity contribution in [2.24, 2.45) is 0 Å². The van der Waals surface area contributed by atoms with Crippen LogP contribution in [0.25, 0.3) is 32.4 Å². The Kier molecular flexibility index (Phi) is 3.36. The summed E-state index contributed by atoms with van der Waals surface area (Å²) >= 11 is 0. The number of anilines is 1. The van der Waals surface area contributed by atoms with Crippen molar-refractivity contribution in [2.45, 2.75) is 6.54 Å². The monoisotopic (exact) mass is 335 g/mol. The Morgan fingerprint density at radius 1 is 0.615 bits per heavy atom. The summed E-state index contributed by atoms with van der Waals surface area (Å²) in [4.78, 5) is 0. The standard InChI is InChI=1S/C24H18N2/c25-23-14-21-20-12-6-7-13-24(20)26(15-17-8-2-1-3-9-17)16-22(21)18-10-4-5-11-19(18)23/h1-14,16,25H,15H2/p+1. The topological polar surface area (TPSA) is 29.9 Å². The maximum absolute atomic E-state index is 6.37. The summed E-state index contributed by atoms with van der Waals surface area (Å²) in [5.74, 6) is 0. The number of nitrogens with zero attached hydrogens (tertiary/aromatic N) is 1. The molecule has 0 aliphatic rings. The minimum absolute atomic E-state index is 0.832. The number of rotatable bonds is 2. The van der Waals surface area contributed by atoms with Gasteiger partial charge in [-0.2, -0.15) is 4.57 Å². The fraction of sp³-hybridized carbons (Fsp3) is 0.0417. The molecular weight excluding hydrogens is 316 g/mol. The quantitative estimate of drug-likeness (QED) is 0.273. The van der Waals surface area contributed by atoms with Gasteiger partial charge < -0.3 is 5.73 Å². The van der Waals surface area contributed by atoms with Crippen LogP contribution < -0.4 is 10.3 Å². The fourth-order valence-electron chi connectivity index (χ4n) is 3.88. The highest BCUT2D eigenvalue weighted by Gasteiger charge is 2.16. The number of nitrogen functional groups attached to an aromatic ring is 1. The van der Waals surface area contributed by atoms with Crippen LogP contribution in [0.5, 0.6) is 0 Å². The molecule has 5 rings (SSSR count). The molecule has 0 amide bonds. The summed E-state index contributed by atoms with van der Waals surface area (Å²) < 4.78 is 2.34. The maximum Gasteiger partial charge on any atom is 0.213 e. The number of para-hydroxylation sites is 1. The molecule has 5 aromatic rings. The van der Waals surface area contributed by atoms with Gasteiger partial charge in [0.2, 0.25) is 5.52 Å².